The Bertz CT molecular complexity index is 1410. The van der Waals surface area contributed by atoms with Crippen molar-refractivity contribution >= 4 is 17.8 Å². The van der Waals surface area contributed by atoms with Gasteiger partial charge in [0.15, 0.2) is 0 Å². The highest BCUT2D eigenvalue weighted by atomic mass is 19.4. The summed E-state index contributed by atoms with van der Waals surface area (Å²) in [5, 5.41) is 21.1. The van der Waals surface area contributed by atoms with Gasteiger partial charge in [-0.1, -0.05) is 31.5 Å². The summed E-state index contributed by atoms with van der Waals surface area (Å²) >= 11 is 0. The number of piperidine rings is 2. The Morgan fingerprint density at radius 1 is 1.04 bits per heavy atom. The first kappa shape index (κ1) is 33.7. The fourth-order valence-corrected chi connectivity index (χ4v) is 7.43. The predicted octanol–water partition coefficient (Wildman–Crippen LogP) is 5.51. The minimum atomic E-state index is -4.74. The number of carbonyl (C=O) groups is 3. The van der Waals surface area contributed by atoms with Crippen LogP contribution in [-0.4, -0.2) is 75.1 Å². The number of aliphatic carboxylic acids is 1. The van der Waals surface area contributed by atoms with Crippen molar-refractivity contribution in [2.75, 3.05) is 26.2 Å². The number of aromatic nitrogens is 1. The van der Waals surface area contributed by atoms with Crippen molar-refractivity contribution in [3.8, 4) is 5.75 Å². The van der Waals surface area contributed by atoms with Crippen LogP contribution in [0.4, 0.5) is 13.2 Å². The van der Waals surface area contributed by atoms with Gasteiger partial charge in [-0.3, -0.25) is 19.4 Å². The number of halogens is 3. The zero-order valence-electron chi connectivity index (χ0n) is 26.0. The van der Waals surface area contributed by atoms with Crippen LogP contribution in [0.2, 0.25) is 0 Å². The summed E-state index contributed by atoms with van der Waals surface area (Å²) in [6.07, 6.45) is 1.03. The number of carboxylic acid groups (broad SMARTS) is 1. The lowest BCUT2D eigenvalue weighted by Crippen LogP contribution is -2.55. The molecule has 0 bridgehead atoms. The van der Waals surface area contributed by atoms with Crippen LogP contribution in [0.5, 0.6) is 5.75 Å². The fraction of sp³-hybridized carbons (Fsp3) is 0.588. The van der Waals surface area contributed by atoms with Crippen LogP contribution >= 0.6 is 0 Å². The molecular formula is C34H42F3N3O6. The largest absolute Gasteiger partial charge is 0.493 e. The highest BCUT2D eigenvalue weighted by molar-refractivity contribution is 5.95. The van der Waals surface area contributed by atoms with Crippen LogP contribution in [0.1, 0.15) is 86.3 Å². The number of rotatable bonds is 9. The maximum absolute atomic E-state index is 14.0. The molecule has 1 aliphatic carbocycles. The molecule has 3 heterocycles. The molecule has 250 valence electrons. The molecule has 4 unspecified atom stereocenters. The minimum Gasteiger partial charge on any atom is -0.493 e. The molecule has 5 rings (SSSR count). The van der Waals surface area contributed by atoms with E-state index in [1.165, 1.54) is 11.1 Å². The van der Waals surface area contributed by atoms with E-state index in [4.69, 9.17) is 4.74 Å². The highest BCUT2D eigenvalue weighted by Crippen LogP contribution is 2.41. The zero-order valence-corrected chi connectivity index (χ0v) is 26.0. The van der Waals surface area contributed by atoms with Crippen molar-refractivity contribution in [2.45, 2.75) is 82.5 Å². The quantitative estimate of drug-likeness (QED) is 0.369. The number of hydrogen-bond acceptors (Lipinski definition) is 6. The number of nitrogens with zero attached hydrogens (tertiary/aromatic N) is 3. The smallest absolute Gasteiger partial charge is 0.418 e. The van der Waals surface area contributed by atoms with E-state index in [1.807, 2.05) is 25.1 Å². The van der Waals surface area contributed by atoms with Crippen molar-refractivity contribution in [1.29, 1.82) is 0 Å². The minimum absolute atomic E-state index is 0.124. The maximum atomic E-state index is 14.0. The monoisotopic (exact) mass is 645 g/mol. The van der Waals surface area contributed by atoms with Crippen LogP contribution in [0.3, 0.4) is 0 Å². The molecule has 2 saturated heterocycles. The number of aliphatic hydroxyl groups is 1. The standard InChI is InChI=1S/C34H42F3N3O6/c1-2-7-27-24(8-6-17-40(27)31(42)29-26(34(35,36)37)10-5-16-38-29)30(41)39-18-14-33(45,15-19-39)25-9-3-4-11-28(25)46-21-22-12-13-23(20-22)32(43)44/h3-5,9-11,16,22-24,27,45H,2,6-8,12-15,17-21H2,1H3,(H,43,44). The van der Waals surface area contributed by atoms with E-state index in [-0.39, 0.29) is 50.2 Å². The number of carbonyl (C=O) groups excluding carboxylic acids is 2. The first-order valence-electron chi connectivity index (χ1n) is 16.2. The third kappa shape index (κ3) is 7.16. The summed E-state index contributed by atoms with van der Waals surface area (Å²) in [6.45, 7) is 3.07. The Kier molecular flexibility index (Phi) is 10.2. The van der Waals surface area contributed by atoms with Crippen LogP contribution < -0.4 is 4.74 Å². The number of amides is 2. The second-order valence-corrected chi connectivity index (χ2v) is 12.9. The Morgan fingerprint density at radius 2 is 1.78 bits per heavy atom. The summed E-state index contributed by atoms with van der Waals surface area (Å²) < 4.78 is 47.3. The van der Waals surface area contributed by atoms with Gasteiger partial charge in [0.1, 0.15) is 11.4 Å². The van der Waals surface area contributed by atoms with Crippen LogP contribution in [0, 0.1) is 17.8 Å². The molecule has 2 amide bonds. The molecule has 1 aromatic carbocycles. The van der Waals surface area contributed by atoms with Gasteiger partial charge in [0.25, 0.3) is 5.91 Å². The number of carboxylic acids is 1. The SMILES string of the molecule is CCCC1C(C(=O)N2CCC(O)(c3ccccc3OCC3CCC(C(=O)O)C3)CC2)CCCN1C(=O)c1ncccc1C(F)(F)F. The first-order valence-corrected chi connectivity index (χ1v) is 16.2. The Morgan fingerprint density at radius 3 is 2.46 bits per heavy atom. The number of likely N-dealkylation sites (tertiary alicyclic amines) is 2. The molecule has 1 saturated carbocycles. The van der Waals surface area contributed by atoms with Crippen LogP contribution in [0.15, 0.2) is 42.6 Å². The van der Waals surface area contributed by atoms with Crippen molar-refractivity contribution in [1.82, 2.24) is 14.8 Å². The average molecular weight is 646 g/mol. The van der Waals surface area contributed by atoms with Gasteiger partial charge in [-0.15, -0.1) is 0 Å². The molecule has 3 fully saturated rings. The second-order valence-electron chi connectivity index (χ2n) is 12.9. The van der Waals surface area contributed by atoms with E-state index in [1.54, 1.807) is 11.0 Å². The maximum Gasteiger partial charge on any atom is 0.418 e. The molecule has 2 aromatic rings. The van der Waals surface area contributed by atoms with Crippen LogP contribution in [-0.2, 0) is 21.4 Å². The fourth-order valence-electron chi connectivity index (χ4n) is 7.43. The lowest BCUT2D eigenvalue weighted by atomic mass is 9.81. The number of ether oxygens (including phenoxy) is 1. The van der Waals surface area contributed by atoms with Crippen molar-refractivity contribution < 1.29 is 42.5 Å². The molecule has 2 aliphatic heterocycles. The van der Waals surface area contributed by atoms with Crippen molar-refractivity contribution in [3.05, 3.63) is 59.4 Å². The van der Waals surface area contributed by atoms with Gasteiger partial charge < -0.3 is 24.7 Å². The lowest BCUT2D eigenvalue weighted by molar-refractivity contribution is -0.144. The number of para-hydroxylation sites is 1. The third-order valence-corrected chi connectivity index (χ3v) is 9.91. The number of pyridine rings is 1. The molecule has 9 nitrogen and oxygen atoms in total. The molecule has 12 heteroatoms. The molecule has 3 aliphatic rings. The Labute approximate surface area is 266 Å². The molecule has 0 spiro atoms. The summed E-state index contributed by atoms with van der Waals surface area (Å²) in [4.78, 5) is 45.7. The number of benzene rings is 1. The van der Waals surface area contributed by atoms with Gasteiger partial charge in [0.2, 0.25) is 5.91 Å². The van der Waals surface area contributed by atoms with Gasteiger partial charge in [0, 0.05) is 37.4 Å². The second kappa shape index (κ2) is 14.0. The highest BCUT2D eigenvalue weighted by Gasteiger charge is 2.45. The zero-order chi connectivity index (χ0) is 33.1. The third-order valence-electron chi connectivity index (χ3n) is 9.91. The molecule has 1 aromatic heterocycles. The summed E-state index contributed by atoms with van der Waals surface area (Å²) in [6, 6.07) is 8.70. The van der Waals surface area contributed by atoms with Crippen LogP contribution in [0.25, 0.3) is 0 Å². The van der Waals surface area contributed by atoms with E-state index in [0.717, 1.165) is 18.6 Å². The lowest BCUT2D eigenvalue weighted by Gasteiger charge is -2.45. The van der Waals surface area contributed by atoms with Gasteiger partial charge in [0.05, 0.1) is 29.6 Å². The van der Waals surface area contributed by atoms with E-state index in [2.05, 4.69) is 4.98 Å². The van der Waals surface area contributed by atoms with E-state index < -0.39 is 46.9 Å². The molecule has 2 N–H and O–H groups in total. The summed E-state index contributed by atoms with van der Waals surface area (Å²) in [5.74, 6) is -2.01. The van der Waals surface area contributed by atoms with Gasteiger partial charge >= 0.3 is 12.1 Å². The van der Waals surface area contributed by atoms with E-state index >= 15 is 0 Å². The molecule has 46 heavy (non-hydrogen) atoms. The number of alkyl halides is 3. The number of hydrogen-bond donors (Lipinski definition) is 2. The molecule has 0 radical (unpaired) electrons. The van der Waals surface area contributed by atoms with Crippen molar-refractivity contribution in [3.63, 3.8) is 0 Å². The molecule has 4 atom stereocenters. The van der Waals surface area contributed by atoms with E-state index in [9.17, 15) is 37.8 Å². The predicted molar refractivity (Wildman–Crippen MR) is 162 cm³/mol. The van der Waals surface area contributed by atoms with Crippen molar-refractivity contribution in [2.24, 2.45) is 17.8 Å². The van der Waals surface area contributed by atoms with Gasteiger partial charge in [-0.2, -0.15) is 13.2 Å². The van der Waals surface area contributed by atoms with Gasteiger partial charge in [-0.05, 0) is 75.5 Å². The van der Waals surface area contributed by atoms with E-state index in [0.29, 0.717) is 56.4 Å². The normalized spacial score (nSPS) is 24.9. The topological polar surface area (TPSA) is 120 Å². The molecular weight excluding hydrogens is 603 g/mol. The Balaban J connectivity index is 1.26. The first-order chi connectivity index (χ1) is 21.9. The van der Waals surface area contributed by atoms with Gasteiger partial charge in [-0.25, -0.2) is 0 Å². The average Bonchev–Trinajstić information content (AvgIpc) is 3.53. The summed E-state index contributed by atoms with van der Waals surface area (Å²) in [5.41, 5.74) is -2.35. The summed E-state index contributed by atoms with van der Waals surface area (Å²) in [7, 11) is 0. The Hall–Kier alpha value is -3.67.